The van der Waals surface area contributed by atoms with Gasteiger partial charge in [-0.1, -0.05) is 13.8 Å². The first-order chi connectivity index (χ1) is 15.2. The van der Waals surface area contributed by atoms with E-state index in [0.717, 1.165) is 24.0 Å². The molecule has 8 heteroatoms. The molecule has 2 aromatic rings. The summed E-state index contributed by atoms with van der Waals surface area (Å²) < 4.78 is 13.3. The first-order valence-electron chi connectivity index (χ1n) is 10.8. The second-order valence-corrected chi connectivity index (χ2v) is 8.38. The molecule has 0 saturated heterocycles. The SMILES string of the molecule is COc1cc2c(cc1OCCCCCC(=O)O)CC(C(C)C)n1cc(C(=O)O)c(=O)cc1-2. The maximum absolute atomic E-state index is 12.4. The number of benzene rings is 1. The van der Waals surface area contributed by atoms with Crippen LogP contribution in [0.25, 0.3) is 11.3 Å². The largest absolute Gasteiger partial charge is 0.493 e. The second kappa shape index (κ2) is 9.89. The standard InChI is InChI=1S/C24H29NO7/c1-14(2)18-9-15-10-22(32-8-6-4-5-7-23(27)28)21(31-3)11-16(15)19-12-20(26)17(24(29)30)13-25(18)19/h10-14,18H,4-9H2,1-3H3,(H,27,28)(H,29,30). The molecule has 3 rings (SSSR count). The third-order valence-corrected chi connectivity index (χ3v) is 5.82. The van der Waals surface area contributed by atoms with Gasteiger partial charge in [-0.2, -0.15) is 0 Å². The summed E-state index contributed by atoms with van der Waals surface area (Å²) in [6.45, 7) is 4.58. The molecule has 0 spiro atoms. The quantitative estimate of drug-likeness (QED) is 0.533. The number of hydrogen-bond donors (Lipinski definition) is 2. The number of aliphatic carboxylic acids is 1. The molecule has 0 bridgehead atoms. The summed E-state index contributed by atoms with van der Waals surface area (Å²) in [5, 5.41) is 18.1. The van der Waals surface area contributed by atoms with E-state index in [1.807, 2.05) is 16.7 Å². The van der Waals surface area contributed by atoms with Gasteiger partial charge in [0, 0.05) is 30.3 Å². The molecule has 2 N–H and O–H groups in total. The van der Waals surface area contributed by atoms with Crippen LogP contribution in [0.3, 0.4) is 0 Å². The number of carbonyl (C=O) groups is 2. The molecule has 0 aliphatic carbocycles. The zero-order chi connectivity index (χ0) is 23.4. The number of unbranched alkanes of at least 4 members (excludes halogenated alkanes) is 2. The Morgan fingerprint density at radius 3 is 2.50 bits per heavy atom. The Morgan fingerprint density at radius 1 is 1.12 bits per heavy atom. The summed E-state index contributed by atoms with van der Waals surface area (Å²) in [7, 11) is 1.54. The number of carboxylic acids is 2. The van der Waals surface area contributed by atoms with Crippen molar-refractivity contribution in [1.82, 2.24) is 4.57 Å². The number of fused-ring (bicyclic) bond motifs is 3. The van der Waals surface area contributed by atoms with E-state index >= 15 is 0 Å². The van der Waals surface area contributed by atoms with Crippen LogP contribution in [-0.2, 0) is 11.2 Å². The molecule has 8 nitrogen and oxygen atoms in total. The highest BCUT2D eigenvalue weighted by atomic mass is 16.5. The molecule has 2 heterocycles. The van der Waals surface area contributed by atoms with E-state index in [2.05, 4.69) is 13.8 Å². The molecular formula is C24H29NO7. The van der Waals surface area contributed by atoms with E-state index in [1.54, 1.807) is 7.11 Å². The van der Waals surface area contributed by atoms with Crippen molar-refractivity contribution < 1.29 is 29.3 Å². The van der Waals surface area contributed by atoms with Crippen LogP contribution < -0.4 is 14.9 Å². The average Bonchev–Trinajstić information content (AvgIpc) is 2.74. The van der Waals surface area contributed by atoms with Crippen LogP contribution in [0.4, 0.5) is 0 Å². The molecule has 0 fully saturated rings. The number of ether oxygens (including phenoxy) is 2. The Kier molecular flexibility index (Phi) is 7.22. The molecule has 1 aromatic carbocycles. The zero-order valence-electron chi connectivity index (χ0n) is 18.6. The predicted molar refractivity (Wildman–Crippen MR) is 119 cm³/mol. The van der Waals surface area contributed by atoms with Gasteiger partial charge in [-0.05, 0) is 49.3 Å². The minimum Gasteiger partial charge on any atom is -0.493 e. The minimum atomic E-state index is -1.23. The molecule has 0 amide bonds. The van der Waals surface area contributed by atoms with Gasteiger partial charge in [-0.25, -0.2) is 4.79 Å². The number of pyridine rings is 1. The van der Waals surface area contributed by atoms with Crippen molar-refractivity contribution in [2.75, 3.05) is 13.7 Å². The topological polar surface area (TPSA) is 115 Å². The monoisotopic (exact) mass is 443 g/mol. The zero-order valence-corrected chi connectivity index (χ0v) is 18.6. The van der Waals surface area contributed by atoms with Gasteiger partial charge >= 0.3 is 11.9 Å². The maximum atomic E-state index is 12.4. The third kappa shape index (κ3) is 4.95. The molecule has 1 aliphatic heterocycles. The molecule has 0 saturated carbocycles. The molecule has 1 unspecified atom stereocenters. The lowest BCUT2D eigenvalue weighted by Crippen LogP contribution is -2.28. The van der Waals surface area contributed by atoms with Crippen LogP contribution in [0.5, 0.6) is 11.5 Å². The second-order valence-electron chi connectivity index (χ2n) is 8.38. The van der Waals surface area contributed by atoms with Gasteiger partial charge in [0.1, 0.15) is 5.56 Å². The van der Waals surface area contributed by atoms with E-state index in [-0.39, 0.29) is 23.9 Å². The normalized spacial score (nSPS) is 14.6. The Morgan fingerprint density at radius 2 is 1.88 bits per heavy atom. The first kappa shape index (κ1) is 23.4. The first-order valence-corrected chi connectivity index (χ1v) is 10.8. The summed E-state index contributed by atoms with van der Waals surface area (Å²) in [6, 6.07) is 5.14. The van der Waals surface area contributed by atoms with Gasteiger partial charge in [-0.15, -0.1) is 0 Å². The van der Waals surface area contributed by atoms with E-state index in [1.165, 1.54) is 12.3 Å². The van der Waals surface area contributed by atoms with Crippen LogP contribution in [0.1, 0.15) is 61.5 Å². The van der Waals surface area contributed by atoms with Crippen molar-refractivity contribution in [3.63, 3.8) is 0 Å². The van der Waals surface area contributed by atoms with Crippen molar-refractivity contribution in [3.8, 4) is 22.8 Å². The number of aromatic carboxylic acids is 1. The summed E-state index contributed by atoms with van der Waals surface area (Å²) >= 11 is 0. The Bertz CT molecular complexity index is 1070. The van der Waals surface area contributed by atoms with Crippen molar-refractivity contribution in [1.29, 1.82) is 0 Å². The fraction of sp³-hybridized carbons (Fsp3) is 0.458. The molecular weight excluding hydrogens is 414 g/mol. The van der Waals surface area contributed by atoms with E-state index < -0.39 is 17.4 Å². The van der Waals surface area contributed by atoms with Crippen LogP contribution in [0, 0.1) is 5.92 Å². The van der Waals surface area contributed by atoms with E-state index in [0.29, 0.717) is 36.6 Å². The number of hydrogen-bond acceptors (Lipinski definition) is 5. The third-order valence-electron chi connectivity index (χ3n) is 5.82. The number of aromatic nitrogens is 1. The fourth-order valence-electron chi connectivity index (χ4n) is 4.10. The number of methoxy groups -OCH3 is 1. The Labute approximate surface area is 186 Å². The van der Waals surface area contributed by atoms with Gasteiger partial charge in [0.2, 0.25) is 0 Å². The van der Waals surface area contributed by atoms with Gasteiger partial charge in [0.05, 0.1) is 19.4 Å². The predicted octanol–water partition coefficient (Wildman–Crippen LogP) is 4.00. The summed E-state index contributed by atoms with van der Waals surface area (Å²) in [5.41, 5.74) is 1.73. The van der Waals surface area contributed by atoms with Crippen LogP contribution in [0.2, 0.25) is 0 Å². The van der Waals surface area contributed by atoms with Crippen LogP contribution in [-0.4, -0.2) is 40.4 Å². The number of rotatable bonds is 10. The molecule has 172 valence electrons. The van der Waals surface area contributed by atoms with Crippen molar-refractivity contribution in [3.05, 3.63) is 45.7 Å². The lowest BCUT2D eigenvalue weighted by atomic mass is 9.87. The van der Waals surface area contributed by atoms with Gasteiger partial charge < -0.3 is 24.3 Å². The molecule has 1 atom stereocenters. The van der Waals surface area contributed by atoms with Crippen molar-refractivity contribution in [2.45, 2.75) is 52.0 Å². The van der Waals surface area contributed by atoms with E-state index in [4.69, 9.17) is 14.6 Å². The molecule has 32 heavy (non-hydrogen) atoms. The summed E-state index contributed by atoms with van der Waals surface area (Å²) in [6.07, 6.45) is 4.37. The highest BCUT2D eigenvalue weighted by Gasteiger charge is 2.29. The molecule has 1 aliphatic rings. The molecule has 0 radical (unpaired) electrons. The Hall–Kier alpha value is -3.29. The summed E-state index contributed by atoms with van der Waals surface area (Å²) in [4.78, 5) is 34.5. The Balaban J connectivity index is 1.92. The minimum absolute atomic E-state index is 0.00605. The smallest absolute Gasteiger partial charge is 0.341 e. The van der Waals surface area contributed by atoms with Crippen LogP contribution in [0.15, 0.2) is 29.2 Å². The van der Waals surface area contributed by atoms with Crippen molar-refractivity contribution in [2.24, 2.45) is 5.92 Å². The van der Waals surface area contributed by atoms with Crippen molar-refractivity contribution >= 4 is 11.9 Å². The highest BCUT2D eigenvalue weighted by Crippen LogP contribution is 2.42. The fourth-order valence-corrected chi connectivity index (χ4v) is 4.10. The number of carboxylic acid groups (broad SMARTS) is 2. The van der Waals surface area contributed by atoms with Crippen LogP contribution >= 0.6 is 0 Å². The van der Waals surface area contributed by atoms with Gasteiger partial charge in [0.25, 0.3) is 0 Å². The highest BCUT2D eigenvalue weighted by molar-refractivity contribution is 5.88. The maximum Gasteiger partial charge on any atom is 0.341 e. The number of nitrogens with zero attached hydrogens (tertiary/aromatic N) is 1. The average molecular weight is 443 g/mol. The van der Waals surface area contributed by atoms with Gasteiger partial charge in [0.15, 0.2) is 16.9 Å². The molecule has 1 aromatic heterocycles. The summed E-state index contributed by atoms with van der Waals surface area (Å²) in [5.74, 6) is -0.685. The lowest BCUT2D eigenvalue weighted by Gasteiger charge is -2.33. The van der Waals surface area contributed by atoms with E-state index in [9.17, 15) is 19.5 Å². The van der Waals surface area contributed by atoms with Gasteiger partial charge in [-0.3, -0.25) is 9.59 Å². The lowest BCUT2D eigenvalue weighted by molar-refractivity contribution is -0.137.